The van der Waals surface area contributed by atoms with Crippen LogP contribution in [0.5, 0.6) is 0 Å². The third-order valence-electron chi connectivity index (χ3n) is 1.37. The van der Waals surface area contributed by atoms with Crippen molar-refractivity contribution in [2.24, 2.45) is 0 Å². The van der Waals surface area contributed by atoms with Crippen LogP contribution in [0.4, 0.5) is 5.82 Å². The van der Waals surface area contributed by atoms with Gasteiger partial charge in [0, 0.05) is 0 Å². The molecule has 0 fully saturated rings. The number of esters is 1. The summed E-state index contributed by atoms with van der Waals surface area (Å²) in [4.78, 5) is 15.1. The summed E-state index contributed by atoms with van der Waals surface area (Å²) >= 11 is 3.13. The normalized spacial score (nSPS) is 9.69. The van der Waals surface area contributed by atoms with Crippen molar-refractivity contribution in [2.75, 3.05) is 12.3 Å². The number of rotatable bonds is 2. The molecule has 0 saturated carbocycles. The number of pyridine rings is 1. The lowest BCUT2D eigenvalue weighted by molar-refractivity contribution is 0.0525. The Morgan fingerprint density at radius 1 is 1.69 bits per heavy atom. The summed E-state index contributed by atoms with van der Waals surface area (Å²) in [7, 11) is 0. The lowest BCUT2D eigenvalue weighted by Crippen LogP contribution is -2.07. The fraction of sp³-hybridized carbons (Fsp3) is 0.250. The van der Waals surface area contributed by atoms with Gasteiger partial charge in [0.25, 0.3) is 0 Å². The Bertz CT molecular complexity index is 328. The van der Waals surface area contributed by atoms with Crippen LogP contribution in [-0.4, -0.2) is 17.6 Å². The van der Waals surface area contributed by atoms with Gasteiger partial charge >= 0.3 is 5.97 Å². The molecule has 0 atom stereocenters. The first kappa shape index (κ1) is 9.98. The van der Waals surface area contributed by atoms with Crippen LogP contribution in [0.15, 0.2) is 16.7 Å². The van der Waals surface area contributed by atoms with Crippen molar-refractivity contribution in [3.8, 4) is 0 Å². The number of hydrogen-bond donors (Lipinski definition) is 1. The van der Waals surface area contributed by atoms with Gasteiger partial charge in [-0.2, -0.15) is 0 Å². The second-order valence-electron chi connectivity index (χ2n) is 2.29. The number of aromatic nitrogens is 1. The molecule has 0 aromatic carbocycles. The van der Waals surface area contributed by atoms with E-state index in [1.54, 1.807) is 19.1 Å². The monoisotopic (exact) mass is 244 g/mol. The molecule has 0 aliphatic carbocycles. The molecule has 1 aromatic heterocycles. The third-order valence-corrected chi connectivity index (χ3v) is 1.97. The summed E-state index contributed by atoms with van der Waals surface area (Å²) in [5.41, 5.74) is 5.79. The van der Waals surface area contributed by atoms with Gasteiger partial charge in [-0.05, 0) is 35.0 Å². The minimum absolute atomic E-state index is 0.343. The van der Waals surface area contributed by atoms with Gasteiger partial charge in [-0.3, -0.25) is 0 Å². The smallest absolute Gasteiger partial charge is 0.340 e. The van der Waals surface area contributed by atoms with E-state index in [-0.39, 0.29) is 0 Å². The molecular formula is C8H9BrN2O2. The second-order valence-corrected chi connectivity index (χ2v) is 3.05. The van der Waals surface area contributed by atoms with Gasteiger partial charge in [-0.1, -0.05) is 0 Å². The Labute approximate surface area is 84.2 Å². The molecule has 0 amide bonds. The predicted octanol–water partition coefficient (Wildman–Crippen LogP) is 1.60. The van der Waals surface area contributed by atoms with E-state index in [1.807, 2.05) is 0 Å². The number of anilines is 1. The lowest BCUT2D eigenvalue weighted by atomic mass is 10.3. The first-order valence-corrected chi connectivity index (χ1v) is 4.53. The number of hydrogen-bond acceptors (Lipinski definition) is 4. The second kappa shape index (κ2) is 4.23. The highest BCUT2D eigenvalue weighted by Gasteiger charge is 2.11. The quantitative estimate of drug-likeness (QED) is 0.634. The molecule has 1 rings (SSSR count). The van der Waals surface area contributed by atoms with E-state index in [1.165, 1.54) is 0 Å². The Morgan fingerprint density at radius 3 is 2.92 bits per heavy atom. The minimum atomic E-state index is -0.401. The first-order valence-electron chi connectivity index (χ1n) is 3.74. The van der Waals surface area contributed by atoms with E-state index >= 15 is 0 Å². The first-order chi connectivity index (χ1) is 6.15. The number of halogens is 1. The molecule has 13 heavy (non-hydrogen) atoms. The Kier molecular flexibility index (Phi) is 3.25. The Morgan fingerprint density at radius 2 is 2.38 bits per heavy atom. The number of ether oxygens (including phenoxy) is 1. The maximum Gasteiger partial charge on any atom is 0.340 e. The standard InChI is InChI=1S/C8H9BrN2O2/c1-2-13-8(12)5-3-4-6(10)11-7(5)9/h3-4H,2H2,1H3,(H2,10,11). The number of nitrogen functional groups attached to an aromatic ring is 1. The van der Waals surface area contributed by atoms with E-state index in [0.717, 1.165) is 0 Å². The van der Waals surface area contributed by atoms with Crippen LogP contribution >= 0.6 is 15.9 Å². The average molecular weight is 245 g/mol. The van der Waals surface area contributed by atoms with Crippen molar-refractivity contribution in [3.63, 3.8) is 0 Å². The van der Waals surface area contributed by atoms with Crippen molar-refractivity contribution in [1.82, 2.24) is 4.98 Å². The molecule has 0 spiro atoms. The van der Waals surface area contributed by atoms with Gasteiger partial charge in [0.1, 0.15) is 10.4 Å². The Hall–Kier alpha value is -1.10. The summed E-state index contributed by atoms with van der Waals surface area (Å²) < 4.78 is 5.21. The van der Waals surface area contributed by atoms with Gasteiger partial charge in [-0.25, -0.2) is 9.78 Å². The van der Waals surface area contributed by atoms with Crippen LogP contribution in [0.2, 0.25) is 0 Å². The molecule has 2 N–H and O–H groups in total. The van der Waals surface area contributed by atoms with Crippen LogP contribution in [0.3, 0.4) is 0 Å². The van der Waals surface area contributed by atoms with E-state index < -0.39 is 5.97 Å². The fourth-order valence-electron chi connectivity index (χ4n) is 0.809. The van der Waals surface area contributed by atoms with E-state index in [0.29, 0.717) is 22.6 Å². The third kappa shape index (κ3) is 2.42. The van der Waals surface area contributed by atoms with E-state index in [9.17, 15) is 4.79 Å². The molecule has 0 aliphatic heterocycles. The summed E-state index contributed by atoms with van der Waals surface area (Å²) in [6.07, 6.45) is 0. The summed E-state index contributed by atoms with van der Waals surface area (Å²) in [5, 5.41) is 0. The highest BCUT2D eigenvalue weighted by Crippen LogP contribution is 2.16. The van der Waals surface area contributed by atoms with E-state index in [4.69, 9.17) is 10.5 Å². The zero-order valence-electron chi connectivity index (χ0n) is 7.08. The minimum Gasteiger partial charge on any atom is -0.462 e. The van der Waals surface area contributed by atoms with Crippen molar-refractivity contribution in [3.05, 3.63) is 22.3 Å². The largest absolute Gasteiger partial charge is 0.462 e. The van der Waals surface area contributed by atoms with Crippen LogP contribution in [0, 0.1) is 0 Å². The molecule has 0 aliphatic rings. The highest BCUT2D eigenvalue weighted by atomic mass is 79.9. The molecule has 4 nitrogen and oxygen atoms in total. The van der Waals surface area contributed by atoms with Gasteiger partial charge < -0.3 is 10.5 Å². The molecule has 0 saturated heterocycles. The zero-order chi connectivity index (χ0) is 9.84. The van der Waals surface area contributed by atoms with Crippen molar-refractivity contribution >= 4 is 27.7 Å². The van der Waals surface area contributed by atoms with Crippen molar-refractivity contribution in [1.29, 1.82) is 0 Å². The van der Waals surface area contributed by atoms with Gasteiger partial charge in [0.15, 0.2) is 0 Å². The summed E-state index contributed by atoms with van der Waals surface area (Å²) in [6, 6.07) is 3.13. The van der Waals surface area contributed by atoms with Gasteiger partial charge in [-0.15, -0.1) is 0 Å². The van der Waals surface area contributed by atoms with Crippen LogP contribution in [0.25, 0.3) is 0 Å². The molecule has 5 heteroatoms. The van der Waals surface area contributed by atoms with Crippen molar-refractivity contribution in [2.45, 2.75) is 6.92 Å². The molecular weight excluding hydrogens is 236 g/mol. The molecule has 1 aromatic rings. The maximum atomic E-state index is 11.2. The molecule has 0 radical (unpaired) electrons. The topological polar surface area (TPSA) is 65.2 Å². The fourth-order valence-corrected chi connectivity index (χ4v) is 1.31. The number of nitrogens with two attached hydrogens (primary N) is 1. The zero-order valence-corrected chi connectivity index (χ0v) is 8.67. The van der Waals surface area contributed by atoms with Crippen molar-refractivity contribution < 1.29 is 9.53 Å². The lowest BCUT2D eigenvalue weighted by Gasteiger charge is -2.03. The predicted molar refractivity (Wildman–Crippen MR) is 52.3 cm³/mol. The molecule has 70 valence electrons. The Balaban J connectivity index is 2.95. The van der Waals surface area contributed by atoms with Gasteiger partial charge in [0.2, 0.25) is 0 Å². The van der Waals surface area contributed by atoms with E-state index in [2.05, 4.69) is 20.9 Å². The average Bonchev–Trinajstić information content (AvgIpc) is 2.04. The highest BCUT2D eigenvalue weighted by molar-refractivity contribution is 9.10. The summed E-state index contributed by atoms with van der Waals surface area (Å²) in [5.74, 6) is -0.0400. The van der Waals surface area contributed by atoms with Crippen LogP contribution in [0.1, 0.15) is 17.3 Å². The molecule has 0 unspecified atom stereocenters. The maximum absolute atomic E-state index is 11.2. The van der Waals surface area contributed by atoms with Gasteiger partial charge in [0.05, 0.1) is 12.2 Å². The number of carbonyl (C=O) groups is 1. The number of carbonyl (C=O) groups excluding carboxylic acids is 1. The van der Waals surface area contributed by atoms with Crippen LogP contribution in [-0.2, 0) is 4.74 Å². The summed E-state index contributed by atoms with van der Waals surface area (Å²) in [6.45, 7) is 2.09. The number of nitrogens with zero attached hydrogens (tertiary/aromatic N) is 1. The van der Waals surface area contributed by atoms with Crippen LogP contribution < -0.4 is 5.73 Å². The molecule has 0 bridgehead atoms. The SMILES string of the molecule is CCOC(=O)c1ccc(N)nc1Br. The molecule has 1 heterocycles.